The van der Waals surface area contributed by atoms with Crippen LogP contribution in [-0.2, 0) is 0 Å². The molecule has 25 heavy (non-hydrogen) atoms. The van der Waals surface area contributed by atoms with E-state index in [2.05, 4.69) is 34.1 Å². The first kappa shape index (κ1) is 16.6. The summed E-state index contributed by atoms with van der Waals surface area (Å²) in [4.78, 5) is 5.97. The molecule has 0 radical (unpaired) electrons. The Balaban J connectivity index is 1.78. The Morgan fingerprint density at radius 3 is 2.64 bits per heavy atom. The Bertz CT molecular complexity index is 893. The van der Waals surface area contributed by atoms with Crippen molar-refractivity contribution in [1.29, 1.82) is 0 Å². The third kappa shape index (κ3) is 3.31. The van der Waals surface area contributed by atoms with Crippen LogP contribution in [0.1, 0.15) is 42.8 Å². The van der Waals surface area contributed by atoms with Gasteiger partial charge in [-0.25, -0.2) is 0 Å². The number of aromatic nitrogens is 2. The van der Waals surface area contributed by atoms with E-state index in [0.717, 1.165) is 33.8 Å². The van der Waals surface area contributed by atoms with Gasteiger partial charge in [-0.15, -0.1) is 0 Å². The van der Waals surface area contributed by atoms with Crippen molar-refractivity contribution < 1.29 is 4.52 Å². The standard InChI is InChI=1S/C20H23N3OS/c1-12-8-9-17-18(21-12)10-15(20-13(2)22-24-14(20)3)11-19(17)25-23-16-6-4-5-7-16/h8-11,16,23H,4-7H2,1-3H3. The van der Waals surface area contributed by atoms with E-state index < -0.39 is 0 Å². The molecular formula is C20H23N3OS. The summed E-state index contributed by atoms with van der Waals surface area (Å²) in [6, 6.07) is 9.25. The smallest absolute Gasteiger partial charge is 0.141 e. The number of aryl methyl sites for hydroxylation is 3. The van der Waals surface area contributed by atoms with E-state index in [1.165, 1.54) is 36.0 Å². The summed E-state index contributed by atoms with van der Waals surface area (Å²) < 4.78 is 9.03. The molecule has 1 saturated carbocycles. The Morgan fingerprint density at radius 2 is 1.92 bits per heavy atom. The van der Waals surface area contributed by atoms with Gasteiger partial charge in [0.05, 0.1) is 11.2 Å². The number of hydrogen-bond acceptors (Lipinski definition) is 5. The van der Waals surface area contributed by atoms with Crippen LogP contribution in [0.15, 0.2) is 33.7 Å². The molecule has 0 amide bonds. The van der Waals surface area contributed by atoms with E-state index in [-0.39, 0.29) is 0 Å². The second-order valence-electron chi connectivity index (χ2n) is 6.89. The maximum atomic E-state index is 5.37. The first-order valence-corrected chi connectivity index (χ1v) is 9.70. The van der Waals surface area contributed by atoms with Gasteiger partial charge in [0.25, 0.3) is 0 Å². The number of hydrogen-bond donors (Lipinski definition) is 1. The number of nitrogens with zero attached hydrogens (tertiary/aromatic N) is 2. The average molecular weight is 353 g/mol. The zero-order valence-electron chi connectivity index (χ0n) is 14.9. The molecule has 4 nitrogen and oxygen atoms in total. The maximum absolute atomic E-state index is 5.37. The summed E-state index contributed by atoms with van der Waals surface area (Å²) in [5, 5.41) is 5.30. The van der Waals surface area contributed by atoms with Crippen molar-refractivity contribution in [3.63, 3.8) is 0 Å². The fourth-order valence-electron chi connectivity index (χ4n) is 3.62. The summed E-state index contributed by atoms with van der Waals surface area (Å²) in [5.41, 5.74) is 5.17. The summed E-state index contributed by atoms with van der Waals surface area (Å²) in [5.74, 6) is 0.851. The number of pyridine rings is 1. The van der Waals surface area contributed by atoms with Crippen molar-refractivity contribution in [3.05, 3.63) is 41.4 Å². The quantitative estimate of drug-likeness (QED) is 0.640. The van der Waals surface area contributed by atoms with Crippen LogP contribution in [0.3, 0.4) is 0 Å². The first-order valence-electron chi connectivity index (χ1n) is 8.89. The third-order valence-electron chi connectivity index (χ3n) is 4.92. The van der Waals surface area contributed by atoms with Gasteiger partial charge in [0.15, 0.2) is 0 Å². The van der Waals surface area contributed by atoms with Crippen LogP contribution >= 0.6 is 11.9 Å². The molecule has 1 N–H and O–H groups in total. The molecule has 0 saturated heterocycles. The molecule has 1 fully saturated rings. The van der Waals surface area contributed by atoms with Crippen molar-refractivity contribution in [2.24, 2.45) is 0 Å². The number of rotatable bonds is 4. The molecule has 2 aromatic heterocycles. The van der Waals surface area contributed by atoms with Crippen LogP contribution < -0.4 is 4.72 Å². The predicted octanol–water partition coefficient (Wildman–Crippen LogP) is 5.35. The van der Waals surface area contributed by atoms with E-state index >= 15 is 0 Å². The van der Waals surface area contributed by atoms with E-state index in [1.54, 1.807) is 11.9 Å². The SMILES string of the molecule is Cc1ccc2c(SNC3CCCC3)cc(-c3c(C)noc3C)cc2n1. The lowest BCUT2D eigenvalue weighted by Gasteiger charge is -2.14. The van der Waals surface area contributed by atoms with Crippen LogP contribution in [0.2, 0.25) is 0 Å². The van der Waals surface area contributed by atoms with Crippen molar-refractivity contribution in [2.45, 2.75) is 57.4 Å². The van der Waals surface area contributed by atoms with E-state index in [1.807, 2.05) is 20.8 Å². The van der Waals surface area contributed by atoms with Gasteiger partial charge in [-0.05, 0) is 75.4 Å². The number of fused-ring (bicyclic) bond motifs is 1. The molecule has 0 spiro atoms. The van der Waals surface area contributed by atoms with Crippen molar-refractivity contribution in [2.75, 3.05) is 0 Å². The van der Waals surface area contributed by atoms with Crippen molar-refractivity contribution in [3.8, 4) is 11.1 Å². The highest BCUT2D eigenvalue weighted by Crippen LogP contribution is 2.35. The van der Waals surface area contributed by atoms with E-state index in [0.29, 0.717) is 6.04 Å². The largest absolute Gasteiger partial charge is 0.361 e. The zero-order valence-corrected chi connectivity index (χ0v) is 15.7. The molecule has 0 aliphatic heterocycles. The summed E-state index contributed by atoms with van der Waals surface area (Å²) >= 11 is 1.74. The van der Waals surface area contributed by atoms with E-state index in [9.17, 15) is 0 Å². The Kier molecular flexibility index (Phi) is 4.52. The Hall–Kier alpha value is -1.85. The highest BCUT2D eigenvalue weighted by atomic mass is 32.2. The van der Waals surface area contributed by atoms with Crippen LogP contribution in [0.5, 0.6) is 0 Å². The molecule has 0 atom stereocenters. The molecule has 0 bridgehead atoms. The van der Waals surface area contributed by atoms with Crippen LogP contribution in [-0.4, -0.2) is 16.2 Å². The lowest BCUT2D eigenvalue weighted by Crippen LogP contribution is -2.18. The lowest BCUT2D eigenvalue weighted by molar-refractivity contribution is 0.393. The first-order chi connectivity index (χ1) is 12.1. The Morgan fingerprint density at radius 1 is 1.12 bits per heavy atom. The van der Waals surface area contributed by atoms with Gasteiger partial charge >= 0.3 is 0 Å². The molecule has 0 unspecified atom stereocenters. The minimum absolute atomic E-state index is 0.612. The highest BCUT2D eigenvalue weighted by molar-refractivity contribution is 7.97. The van der Waals surface area contributed by atoms with Gasteiger partial charge in [0.1, 0.15) is 5.76 Å². The second-order valence-corrected chi connectivity index (χ2v) is 7.77. The van der Waals surface area contributed by atoms with Gasteiger partial charge in [-0.3, -0.25) is 9.71 Å². The lowest BCUT2D eigenvalue weighted by atomic mass is 10.0. The fourth-order valence-corrected chi connectivity index (χ4v) is 4.62. The minimum Gasteiger partial charge on any atom is -0.361 e. The van der Waals surface area contributed by atoms with Gasteiger partial charge in [-0.2, -0.15) is 0 Å². The molecule has 1 aliphatic rings. The number of nitrogens with one attached hydrogen (secondary N) is 1. The summed E-state index contributed by atoms with van der Waals surface area (Å²) in [7, 11) is 0. The molecule has 130 valence electrons. The van der Waals surface area contributed by atoms with Gasteiger partial charge in [-0.1, -0.05) is 18.0 Å². The molecular weight excluding hydrogens is 330 g/mol. The van der Waals surface area contributed by atoms with Crippen LogP contribution in [0.4, 0.5) is 0 Å². The fraction of sp³-hybridized carbons (Fsp3) is 0.400. The van der Waals surface area contributed by atoms with Crippen molar-refractivity contribution in [1.82, 2.24) is 14.9 Å². The van der Waals surface area contributed by atoms with Crippen LogP contribution in [0, 0.1) is 20.8 Å². The summed E-state index contributed by atoms with van der Waals surface area (Å²) in [6.07, 6.45) is 5.20. The molecule has 4 rings (SSSR count). The minimum atomic E-state index is 0.612. The van der Waals surface area contributed by atoms with Gasteiger partial charge in [0, 0.05) is 27.6 Å². The monoisotopic (exact) mass is 353 g/mol. The average Bonchev–Trinajstić information content (AvgIpc) is 3.22. The van der Waals surface area contributed by atoms with Crippen molar-refractivity contribution >= 4 is 22.9 Å². The molecule has 3 aromatic rings. The van der Waals surface area contributed by atoms with Crippen LogP contribution in [0.25, 0.3) is 22.0 Å². The highest BCUT2D eigenvalue weighted by Gasteiger charge is 2.18. The molecule has 2 heterocycles. The Labute approximate surface area is 152 Å². The predicted molar refractivity (Wildman–Crippen MR) is 103 cm³/mol. The zero-order chi connectivity index (χ0) is 17.4. The molecule has 1 aromatic carbocycles. The maximum Gasteiger partial charge on any atom is 0.141 e. The topological polar surface area (TPSA) is 51.0 Å². The van der Waals surface area contributed by atoms with E-state index in [4.69, 9.17) is 9.51 Å². The van der Waals surface area contributed by atoms with Gasteiger partial charge in [0.2, 0.25) is 0 Å². The van der Waals surface area contributed by atoms with Gasteiger partial charge < -0.3 is 4.52 Å². The second kappa shape index (κ2) is 6.81. The molecule has 5 heteroatoms. The summed E-state index contributed by atoms with van der Waals surface area (Å²) in [6.45, 7) is 5.99. The third-order valence-corrected chi connectivity index (χ3v) is 5.93. The molecule has 1 aliphatic carbocycles. The number of benzene rings is 1. The normalized spacial score (nSPS) is 15.3.